The van der Waals surface area contributed by atoms with E-state index >= 15 is 0 Å². The van der Waals surface area contributed by atoms with Crippen molar-refractivity contribution in [3.8, 4) is 0 Å². The fraction of sp³-hybridized carbons (Fsp3) is 0.911. The molecule has 6 heteroatoms. The molecule has 0 spiro atoms. The fourth-order valence-corrected chi connectivity index (χ4v) is 8.90. The van der Waals surface area contributed by atoms with E-state index in [0.29, 0.717) is 19.3 Å². The molecule has 5 N–H and O–H groups in total. The smallest absolute Gasteiger partial charge is 0.249 e. The Bertz CT molecular complexity index is 939. The summed E-state index contributed by atoms with van der Waals surface area (Å²) in [5.74, 6) is -0.596. The molecule has 6 nitrogen and oxygen atoms in total. The lowest BCUT2D eigenvalue weighted by atomic mass is 10.00. The van der Waals surface area contributed by atoms with Crippen molar-refractivity contribution in [1.82, 2.24) is 5.32 Å². The zero-order valence-corrected chi connectivity index (χ0v) is 41.6. The minimum Gasteiger partial charge on any atom is -0.394 e. The molecular weight excluding hydrogens is 767 g/mol. The lowest BCUT2D eigenvalue weighted by Crippen LogP contribution is -2.53. The Hall–Kier alpha value is -1.21. The zero-order chi connectivity index (χ0) is 45.2. The van der Waals surface area contributed by atoms with Crippen LogP contribution in [0.1, 0.15) is 296 Å². The van der Waals surface area contributed by atoms with E-state index in [1.807, 2.05) is 13.0 Å². The normalized spacial score (nSPS) is 14.0. The molecule has 0 aromatic rings. The number of nitrogens with one attached hydrogen (secondary N) is 1. The number of aliphatic hydroxyl groups is 4. The second-order valence-electron chi connectivity index (χ2n) is 19.3. The molecule has 4 unspecified atom stereocenters. The Balaban J connectivity index is 3.41. The second kappa shape index (κ2) is 50.8. The van der Waals surface area contributed by atoms with Crippen molar-refractivity contribution in [2.75, 3.05) is 6.61 Å². The third-order valence-corrected chi connectivity index (χ3v) is 13.2. The fourth-order valence-electron chi connectivity index (χ4n) is 8.90. The van der Waals surface area contributed by atoms with E-state index in [0.717, 1.165) is 38.5 Å². The molecule has 0 aliphatic heterocycles. The number of rotatable bonds is 51. The summed E-state index contributed by atoms with van der Waals surface area (Å²) in [6.45, 7) is 3.81. The second-order valence-corrected chi connectivity index (χ2v) is 19.3. The number of unbranched alkanes of at least 4 members (excludes halogenated alkanes) is 39. The Morgan fingerprint density at radius 2 is 0.726 bits per heavy atom. The van der Waals surface area contributed by atoms with Crippen molar-refractivity contribution in [2.45, 2.75) is 321 Å². The van der Waals surface area contributed by atoms with Gasteiger partial charge in [-0.05, 0) is 45.4 Å². The summed E-state index contributed by atoms with van der Waals surface area (Å²) < 4.78 is 0. The number of hydrogen-bond donors (Lipinski definition) is 5. The van der Waals surface area contributed by atoms with Crippen LogP contribution >= 0.6 is 0 Å². The predicted molar refractivity (Wildman–Crippen MR) is 270 cm³/mol. The van der Waals surface area contributed by atoms with Gasteiger partial charge in [0, 0.05) is 0 Å². The molecule has 0 aliphatic carbocycles. The van der Waals surface area contributed by atoms with Gasteiger partial charge in [0.2, 0.25) is 5.91 Å². The molecular formula is C56H109NO5. The van der Waals surface area contributed by atoms with Crippen LogP contribution in [0.4, 0.5) is 0 Å². The van der Waals surface area contributed by atoms with Crippen LogP contribution in [0.2, 0.25) is 0 Å². The molecule has 0 bridgehead atoms. The van der Waals surface area contributed by atoms with Gasteiger partial charge in [0.25, 0.3) is 0 Å². The average molecular weight is 876 g/mol. The van der Waals surface area contributed by atoms with Crippen molar-refractivity contribution < 1.29 is 25.2 Å². The van der Waals surface area contributed by atoms with Crippen LogP contribution in [0.3, 0.4) is 0 Å². The maximum Gasteiger partial charge on any atom is 0.249 e. The molecule has 0 fully saturated rings. The maximum atomic E-state index is 12.5. The number of aliphatic hydroxyl groups excluding tert-OH is 4. The Kier molecular flexibility index (Phi) is 49.8. The number of amides is 1. The molecule has 0 heterocycles. The standard InChI is InChI=1S/C56H109NO5/c1-3-5-7-9-11-13-14-15-16-17-18-19-20-21-22-23-24-25-26-27-28-29-30-31-32-33-34-35-36-37-38-39-40-41-42-44-46-48-50-54(60)56(62)57-52(51-58)55(61)53(59)49-47-45-43-12-10-8-6-4-2/h4,6,12,43,52-55,58-61H,3,5,7-11,13-42,44-51H2,1-2H3,(H,57,62)/b6-4+,43-12+. The molecule has 4 atom stereocenters. The van der Waals surface area contributed by atoms with Gasteiger partial charge in [0.05, 0.1) is 18.8 Å². The highest BCUT2D eigenvalue weighted by atomic mass is 16.3. The van der Waals surface area contributed by atoms with Crippen LogP contribution in [0, 0.1) is 0 Å². The quantitative estimate of drug-likeness (QED) is 0.0309. The highest BCUT2D eigenvalue weighted by Crippen LogP contribution is 2.18. The van der Waals surface area contributed by atoms with Gasteiger partial charge >= 0.3 is 0 Å². The summed E-state index contributed by atoms with van der Waals surface area (Å²) in [4.78, 5) is 12.5. The predicted octanol–water partition coefficient (Wildman–Crippen LogP) is 15.9. The SMILES string of the molecule is C/C=C/CC/C=C/CCCC(O)C(O)C(CO)NC(=O)C(O)CCCCCCCCCCCCCCCCCCCCCCCCCCCCCCCCCCCCCCCC. The zero-order valence-electron chi connectivity index (χ0n) is 41.6. The molecule has 368 valence electrons. The monoisotopic (exact) mass is 876 g/mol. The minimum absolute atomic E-state index is 0.364. The third-order valence-electron chi connectivity index (χ3n) is 13.2. The van der Waals surface area contributed by atoms with Crippen LogP contribution in [0.5, 0.6) is 0 Å². The van der Waals surface area contributed by atoms with Gasteiger partial charge < -0.3 is 25.7 Å². The van der Waals surface area contributed by atoms with Crippen LogP contribution in [-0.4, -0.2) is 57.3 Å². The van der Waals surface area contributed by atoms with E-state index in [9.17, 15) is 25.2 Å². The van der Waals surface area contributed by atoms with Gasteiger partial charge in [0.1, 0.15) is 12.2 Å². The molecule has 0 rings (SSSR count). The largest absolute Gasteiger partial charge is 0.394 e. The van der Waals surface area contributed by atoms with Gasteiger partial charge in [-0.2, -0.15) is 0 Å². The molecule has 0 aliphatic rings. The summed E-state index contributed by atoms with van der Waals surface area (Å²) in [5, 5.41) is 43.5. The highest BCUT2D eigenvalue weighted by molar-refractivity contribution is 5.80. The van der Waals surface area contributed by atoms with Gasteiger partial charge in [-0.25, -0.2) is 0 Å². The topological polar surface area (TPSA) is 110 Å². The van der Waals surface area contributed by atoms with E-state index in [1.54, 1.807) is 0 Å². The molecule has 0 saturated heterocycles. The van der Waals surface area contributed by atoms with Crippen molar-refractivity contribution in [3.05, 3.63) is 24.3 Å². The van der Waals surface area contributed by atoms with Gasteiger partial charge in [-0.1, -0.05) is 275 Å². The maximum absolute atomic E-state index is 12.5. The van der Waals surface area contributed by atoms with E-state index in [1.165, 1.54) is 225 Å². The Morgan fingerprint density at radius 1 is 0.419 bits per heavy atom. The van der Waals surface area contributed by atoms with Gasteiger partial charge in [-0.3, -0.25) is 4.79 Å². The highest BCUT2D eigenvalue weighted by Gasteiger charge is 2.28. The first kappa shape index (κ1) is 60.8. The van der Waals surface area contributed by atoms with E-state index in [4.69, 9.17) is 0 Å². The van der Waals surface area contributed by atoms with Crippen LogP contribution in [0.25, 0.3) is 0 Å². The van der Waals surface area contributed by atoms with Crippen molar-refractivity contribution >= 4 is 5.91 Å². The lowest BCUT2D eigenvalue weighted by molar-refractivity contribution is -0.132. The number of carbonyl (C=O) groups excluding carboxylic acids is 1. The molecule has 0 saturated carbocycles. The van der Waals surface area contributed by atoms with E-state index in [2.05, 4.69) is 30.5 Å². The first-order valence-electron chi connectivity index (χ1n) is 27.7. The molecule has 0 radical (unpaired) electrons. The minimum atomic E-state index is -1.28. The van der Waals surface area contributed by atoms with Crippen molar-refractivity contribution in [2.24, 2.45) is 0 Å². The summed E-state index contributed by atoms with van der Waals surface area (Å²) in [6.07, 6.45) is 61.8. The number of carbonyl (C=O) groups is 1. The van der Waals surface area contributed by atoms with Gasteiger partial charge in [-0.15, -0.1) is 0 Å². The summed E-state index contributed by atoms with van der Waals surface area (Å²) >= 11 is 0. The summed E-state index contributed by atoms with van der Waals surface area (Å²) in [7, 11) is 0. The Labute approximate surface area is 386 Å². The summed E-state index contributed by atoms with van der Waals surface area (Å²) in [6, 6.07) is -1.00. The Morgan fingerprint density at radius 3 is 1.05 bits per heavy atom. The van der Waals surface area contributed by atoms with Crippen LogP contribution < -0.4 is 5.32 Å². The average Bonchev–Trinajstić information content (AvgIpc) is 3.28. The number of allylic oxidation sites excluding steroid dienone is 4. The summed E-state index contributed by atoms with van der Waals surface area (Å²) in [5.41, 5.74) is 0. The molecule has 62 heavy (non-hydrogen) atoms. The molecule has 1 amide bonds. The first-order chi connectivity index (χ1) is 30.5. The van der Waals surface area contributed by atoms with Crippen LogP contribution in [-0.2, 0) is 4.79 Å². The molecule has 0 aromatic carbocycles. The number of hydrogen-bond acceptors (Lipinski definition) is 5. The van der Waals surface area contributed by atoms with Crippen LogP contribution in [0.15, 0.2) is 24.3 Å². The molecule has 0 aromatic heterocycles. The lowest BCUT2D eigenvalue weighted by Gasteiger charge is -2.27. The first-order valence-corrected chi connectivity index (χ1v) is 27.7. The van der Waals surface area contributed by atoms with Gasteiger partial charge in [0.15, 0.2) is 0 Å². The van der Waals surface area contributed by atoms with E-state index < -0.39 is 36.9 Å². The van der Waals surface area contributed by atoms with Crippen molar-refractivity contribution in [1.29, 1.82) is 0 Å². The van der Waals surface area contributed by atoms with E-state index in [-0.39, 0.29) is 0 Å². The third kappa shape index (κ3) is 44.0. The van der Waals surface area contributed by atoms with Crippen molar-refractivity contribution in [3.63, 3.8) is 0 Å².